The molecule has 0 N–H and O–H groups in total. The van der Waals surface area contributed by atoms with E-state index in [2.05, 4.69) is 96.0 Å². The quantitative estimate of drug-likeness (QED) is 0.170. The van der Waals surface area contributed by atoms with Gasteiger partial charge in [-0.1, -0.05) is 127 Å². The number of aromatic nitrogens is 4. The summed E-state index contributed by atoms with van der Waals surface area (Å²) in [5.41, 5.74) is 12.5. The summed E-state index contributed by atoms with van der Waals surface area (Å²) in [6.07, 6.45) is 3.65. The third-order valence-electron chi connectivity index (χ3n) is 10.5. The molecule has 0 saturated carbocycles. The maximum absolute atomic E-state index is 6.67. The van der Waals surface area contributed by atoms with Gasteiger partial charge in [0.15, 0.2) is 17.5 Å². The molecule has 0 radical (unpaired) electrons. The van der Waals surface area contributed by atoms with E-state index < -0.39 is 0 Å². The molecule has 0 amide bonds. The van der Waals surface area contributed by atoms with Crippen LogP contribution in [0.1, 0.15) is 0 Å². The van der Waals surface area contributed by atoms with E-state index in [1.54, 1.807) is 6.20 Å². The van der Waals surface area contributed by atoms with Gasteiger partial charge < -0.3 is 8.83 Å². The Labute approximate surface area is 321 Å². The minimum Gasteiger partial charge on any atom is -0.456 e. The second-order valence-electron chi connectivity index (χ2n) is 13.8. The number of benzene rings is 7. The van der Waals surface area contributed by atoms with Crippen LogP contribution in [0.4, 0.5) is 0 Å². The van der Waals surface area contributed by atoms with Crippen molar-refractivity contribution in [3.05, 3.63) is 182 Å². The molecule has 0 aliphatic heterocycles. The third-order valence-corrected chi connectivity index (χ3v) is 10.5. The van der Waals surface area contributed by atoms with Crippen LogP contribution in [0.15, 0.2) is 191 Å². The molecule has 0 unspecified atom stereocenters. The maximum atomic E-state index is 6.67. The molecule has 0 atom stereocenters. The number of furan rings is 2. The molecule has 262 valence electrons. The molecule has 0 saturated heterocycles. The van der Waals surface area contributed by atoms with E-state index in [0.29, 0.717) is 17.5 Å². The smallest absolute Gasteiger partial charge is 0.164 e. The summed E-state index contributed by atoms with van der Waals surface area (Å²) >= 11 is 0. The van der Waals surface area contributed by atoms with Crippen LogP contribution in [0, 0.1) is 0 Å². The van der Waals surface area contributed by atoms with Crippen LogP contribution < -0.4 is 0 Å². The van der Waals surface area contributed by atoms with Crippen molar-refractivity contribution in [1.29, 1.82) is 0 Å². The fourth-order valence-corrected chi connectivity index (χ4v) is 7.71. The Morgan fingerprint density at radius 1 is 0.339 bits per heavy atom. The van der Waals surface area contributed by atoms with E-state index >= 15 is 0 Å². The largest absolute Gasteiger partial charge is 0.456 e. The highest BCUT2D eigenvalue weighted by Gasteiger charge is 2.19. The molecular weight excluding hydrogens is 689 g/mol. The highest BCUT2D eigenvalue weighted by atomic mass is 16.3. The van der Waals surface area contributed by atoms with Gasteiger partial charge in [0, 0.05) is 61.8 Å². The van der Waals surface area contributed by atoms with Gasteiger partial charge in [-0.05, 0) is 64.7 Å². The first-order valence-electron chi connectivity index (χ1n) is 18.5. The van der Waals surface area contributed by atoms with Gasteiger partial charge in [-0.2, -0.15) is 0 Å². The Morgan fingerprint density at radius 3 is 1.71 bits per heavy atom. The minimum absolute atomic E-state index is 0.601. The van der Waals surface area contributed by atoms with Crippen LogP contribution >= 0.6 is 0 Å². The molecule has 0 bridgehead atoms. The lowest BCUT2D eigenvalue weighted by molar-refractivity contribution is 0.668. The van der Waals surface area contributed by atoms with Crippen LogP contribution in [0.25, 0.3) is 111 Å². The molecular formula is C50H30N4O2. The van der Waals surface area contributed by atoms with Gasteiger partial charge in [0.05, 0.1) is 0 Å². The van der Waals surface area contributed by atoms with Gasteiger partial charge in [-0.3, -0.25) is 4.98 Å². The molecule has 4 aromatic heterocycles. The topological polar surface area (TPSA) is 77.8 Å². The van der Waals surface area contributed by atoms with E-state index in [0.717, 1.165) is 93.9 Å². The van der Waals surface area contributed by atoms with Crippen molar-refractivity contribution in [2.45, 2.75) is 0 Å². The predicted molar refractivity (Wildman–Crippen MR) is 225 cm³/mol. The van der Waals surface area contributed by atoms with Crippen LogP contribution in [0.5, 0.6) is 0 Å². The zero-order valence-electron chi connectivity index (χ0n) is 29.9. The summed E-state index contributed by atoms with van der Waals surface area (Å²) in [5, 5.41) is 4.33. The standard InChI is InChI=1S/C50H30N4O2/c1-2-10-32(11-3-1)48-52-49(54-50(53-48)36-13-8-12-34(28-36)37-14-9-27-51-30-37)33-21-19-31(20-22-33)38-24-25-39(47-46(38)41-16-5-7-18-44(41)56-47)35-23-26-45-42(29-35)40-15-4-6-17-43(40)55-45/h1-30H. The lowest BCUT2D eigenvalue weighted by Gasteiger charge is -2.11. The first-order chi connectivity index (χ1) is 27.7. The Hall–Kier alpha value is -7.70. The summed E-state index contributed by atoms with van der Waals surface area (Å²) in [6, 6.07) is 57.9. The van der Waals surface area contributed by atoms with Crippen molar-refractivity contribution in [3.8, 4) is 67.5 Å². The number of hydrogen-bond donors (Lipinski definition) is 0. The van der Waals surface area contributed by atoms with E-state index in [-0.39, 0.29) is 0 Å². The first kappa shape index (κ1) is 31.8. The van der Waals surface area contributed by atoms with Crippen LogP contribution in [-0.2, 0) is 0 Å². The SMILES string of the molecule is c1ccc(-c2nc(-c3ccc(-c4ccc(-c5ccc6oc7ccccc7c6c5)c5oc6ccccc6c45)cc3)nc(-c3cccc(-c4cccnc4)c3)n2)cc1. The zero-order chi connectivity index (χ0) is 37.0. The number of fused-ring (bicyclic) bond motifs is 6. The monoisotopic (exact) mass is 718 g/mol. The summed E-state index contributed by atoms with van der Waals surface area (Å²) in [5.74, 6) is 1.82. The van der Waals surface area contributed by atoms with Gasteiger partial charge >= 0.3 is 0 Å². The van der Waals surface area contributed by atoms with E-state index in [1.165, 1.54) is 0 Å². The Bertz CT molecular complexity index is 3240. The van der Waals surface area contributed by atoms with Gasteiger partial charge in [0.25, 0.3) is 0 Å². The zero-order valence-corrected chi connectivity index (χ0v) is 29.9. The fourth-order valence-electron chi connectivity index (χ4n) is 7.71. The molecule has 56 heavy (non-hydrogen) atoms. The van der Waals surface area contributed by atoms with Crippen molar-refractivity contribution in [2.24, 2.45) is 0 Å². The van der Waals surface area contributed by atoms with Gasteiger partial charge in [0.2, 0.25) is 0 Å². The number of rotatable bonds is 6. The molecule has 11 rings (SSSR count). The summed E-state index contributed by atoms with van der Waals surface area (Å²) in [6.45, 7) is 0. The molecule has 0 aliphatic rings. The molecule has 0 aliphatic carbocycles. The van der Waals surface area contributed by atoms with Gasteiger partial charge in [-0.15, -0.1) is 0 Å². The molecule has 6 nitrogen and oxygen atoms in total. The molecule has 0 fully saturated rings. The first-order valence-corrected chi connectivity index (χ1v) is 18.5. The van der Waals surface area contributed by atoms with Crippen molar-refractivity contribution in [1.82, 2.24) is 19.9 Å². The highest BCUT2D eigenvalue weighted by Crippen LogP contribution is 2.43. The van der Waals surface area contributed by atoms with Crippen molar-refractivity contribution in [3.63, 3.8) is 0 Å². The van der Waals surface area contributed by atoms with E-state index in [4.69, 9.17) is 23.8 Å². The van der Waals surface area contributed by atoms with Gasteiger partial charge in [0.1, 0.15) is 22.3 Å². The maximum Gasteiger partial charge on any atom is 0.164 e. The second kappa shape index (κ2) is 13.0. The summed E-state index contributed by atoms with van der Waals surface area (Å²) in [4.78, 5) is 19.3. The Morgan fingerprint density at radius 2 is 0.929 bits per heavy atom. The second-order valence-corrected chi connectivity index (χ2v) is 13.8. The molecule has 11 aromatic rings. The molecule has 7 aromatic carbocycles. The Kier molecular flexibility index (Phi) is 7.38. The number of pyridine rings is 1. The lowest BCUT2D eigenvalue weighted by Crippen LogP contribution is -2.00. The average molecular weight is 719 g/mol. The number of hydrogen-bond acceptors (Lipinski definition) is 6. The van der Waals surface area contributed by atoms with Crippen LogP contribution in [0.2, 0.25) is 0 Å². The van der Waals surface area contributed by atoms with Crippen molar-refractivity contribution < 1.29 is 8.83 Å². The van der Waals surface area contributed by atoms with Gasteiger partial charge in [-0.25, -0.2) is 15.0 Å². The molecule has 6 heteroatoms. The number of para-hydroxylation sites is 2. The van der Waals surface area contributed by atoms with Crippen LogP contribution in [-0.4, -0.2) is 19.9 Å². The Balaban J connectivity index is 1.02. The molecule has 0 spiro atoms. The van der Waals surface area contributed by atoms with E-state index in [1.807, 2.05) is 85.1 Å². The van der Waals surface area contributed by atoms with Crippen LogP contribution in [0.3, 0.4) is 0 Å². The number of nitrogens with zero attached hydrogens (tertiary/aromatic N) is 4. The lowest BCUT2D eigenvalue weighted by atomic mass is 9.93. The minimum atomic E-state index is 0.601. The predicted octanol–water partition coefficient (Wildman–Crippen LogP) is 13.1. The average Bonchev–Trinajstić information content (AvgIpc) is 3.85. The van der Waals surface area contributed by atoms with E-state index in [9.17, 15) is 0 Å². The van der Waals surface area contributed by atoms with Crippen molar-refractivity contribution in [2.75, 3.05) is 0 Å². The summed E-state index contributed by atoms with van der Waals surface area (Å²) < 4.78 is 12.8. The normalized spacial score (nSPS) is 11.6. The highest BCUT2D eigenvalue weighted by molar-refractivity contribution is 6.17. The molecule has 4 heterocycles. The summed E-state index contributed by atoms with van der Waals surface area (Å²) in [7, 11) is 0. The van der Waals surface area contributed by atoms with Crippen molar-refractivity contribution >= 4 is 43.9 Å². The fraction of sp³-hybridized carbons (Fsp3) is 0. The third kappa shape index (κ3) is 5.43.